The van der Waals surface area contributed by atoms with Crippen LogP contribution >= 0.6 is 23.2 Å². The average molecular weight is 508 g/mol. The van der Waals surface area contributed by atoms with Gasteiger partial charge < -0.3 is 10.1 Å². The summed E-state index contributed by atoms with van der Waals surface area (Å²) < 4.78 is 7.65. The van der Waals surface area contributed by atoms with Gasteiger partial charge >= 0.3 is 0 Å². The van der Waals surface area contributed by atoms with Crippen molar-refractivity contribution in [1.82, 2.24) is 14.9 Å². The van der Waals surface area contributed by atoms with Gasteiger partial charge in [0.15, 0.2) is 0 Å². The molecule has 35 heavy (non-hydrogen) atoms. The van der Waals surface area contributed by atoms with Gasteiger partial charge in [-0.2, -0.15) is 5.10 Å². The molecule has 0 saturated heterocycles. The lowest BCUT2D eigenvalue weighted by Crippen LogP contribution is -2.34. The number of carbonyl (C=O) groups excluding carboxylic acids is 1. The summed E-state index contributed by atoms with van der Waals surface area (Å²) in [4.78, 5) is 13.6. The third kappa shape index (κ3) is 4.39. The molecule has 180 valence electrons. The summed E-state index contributed by atoms with van der Waals surface area (Å²) in [5.41, 5.74) is 5.90. The second kappa shape index (κ2) is 8.89. The van der Waals surface area contributed by atoms with E-state index in [2.05, 4.69) is 32.2 Å². The van der Waals surface area contributed by atoms with Crippen LogP contribution in [0.15, 0.2) is 54.7 Å². The van der Waals surface area contributed by atoms with Crippen molar-refractivity contribution in [3.8, 4) is 17.0 Å². The Kier molecular flexibility index (Phi) is 6.02. The van der Waals surface area contributed by atoms with Crippen LogP contribution < -0.4 is 10.1 Å². The van der Waals surface area contributed by atoms with Crippen molar-refractivity contribution in [3.05, 3.63) is 87.0 Å². The molecule has 0 spiro atoms. The number of amides is 1. The Balaban J connectivity index is 1.61. The highest BCUT2D eigenvalue weighted by Gasteiger charge is 2.30. The maximum atomic E-state index is 13.6. The first kappa shape index (κ1) is 23.7. The Morgan fingerprint density at radius 1 is 1.11 bits per heavy atom. The molecule has 4 aromatic rings. The van der Waals surface area contributed by atoms with E-state index in [9.17, 15) is 4.79 Å². The van der Waals surface area contributed by atoms with Gasteiger partial charge in [0.1, 0.15) is 5.75 Å². The number of para-hydroxylation sites is 1. The van der Waals surface area contributed by atoms with E-state index in [0.717, 1.165) is 39.2 Å². The second-order valence-electron chi connectivity index (χ2n) is 10.0. The Labute approximate surface area is 215 Å². The number of aromatic nitrogens is 2. The number of nitrogens with zero attached hydrogens (tertiary/aromatic N) is 2. The molecule has 1 atom stereocenters. The molecule has 7 heteroatoms. The fourth-order valence-corrected chi connectivity index (χ4v) is 5.49. The van der Waals surface area contributed by atoms with E-state index in [1.807, 2.05) is 47.8 Å². The standard InChI is InChI=1S/C28H27Cl2N3O2/c1-16-11-23-25(28(2,3)4)21(15-31-33(23)26(16)17-12-18(29)14-19(30)13-17)27(34)32-22-9-10-35-24-8-6-5-7-20(22)24/h5-8,11-15,22H,9-10H2,1-4H3,(H,32,34)/t22-/m0/s1. The van der Waals surface area contributed by atoms with Gasteiger partial charge in [-0.1, -0.05) is 62.2 Å². The molecular weight excluding hydrogens is 481 g/mol. The number of halogens is 2. The zero-order chi connectivity index (χ0) is 24.9. The Morgan fingerprint density at radius 2 is 1.83 bits per heavy atom. The number of hydrogen-bond donors (Lipinski definition) is 1. The number of fused-ring (bicyclic) bond motifs is 2. The highest BCUT2D eigenvalue weighted by Crippen LogP contribution is 2.37. The lowest BCUT2D eigenvalue weighted by molar-refractivity contribution is 0.0922. The minimum Gasteiger partial charge on any atom is -0.493 e. The first-order valence-electron chi connectivity index (χ1n) is 11.6. The molecular formula is C28H27Cl2N3O2. The number of rotatable bonds is 3. The summed E-state index contributed by atoms with van der Waals surface area (Å²) in [5.74, 6) is 0.679. The predicted molar refractivity (Wildman–Crippen MR) is 141 cm³/mol. The highest BCUT2D eigenvalue weighted by molar-refractivity contribution is 6.35. The normalized spacial score (nSPS) is 15.5. The first-order valence-corrected chi connectivity index (χ1v) is 12.4. The predicted octanol–water partition coefficient (Wildman–Crippen LogP) is 7.17. The molecule has 0 bridgehead atoms. The fourth-order valence-electron chi connectivity index (χ4n) is 4.97. The van der Waals surface area contributed by atoms with Crippen molar-refractivity contribution in [1.29, 1.82) is 0 Å². The van der Waals surface area contributed by atoms with Crippen molar-refractivity contribution >= 4 is 34.6 Å². The van der Waals surface area contributed by atoms with Crippen LogP contribution in [0, 0.1) is 6.92 Å². The third-order valence-electron chi connectivity index (χ3n) is 6.39. The molecule has 0 fully saturated rings. The second-order valence-corrected chi connectivity index (χ2v) is 10.9. The molecule has 0 saturated carbocycles. The molecule has 5 rings (SSSR count). The molecule has 0 unspecified atom stereocenters. The van der Waals surface area contributed by atoms with Gasteiger partial charge in [0.05, 0.1) is 35.6 Å². The monoisotopic (exact) mass is 507 g/mol. The van der Waals surface area contributed by atoms with Crippen LogP contribution in [0.5, 0.6) is 5.75 Å². The maximum absolute atomic E-state index is 13.6. The molecule has 2 aromatic heterocycles. The van der Waals surface area contributed by atoms with Crippen molar-refractivity contribution in [2.45, 2.75) is 45.6 Å². The Bertz CT molecular complexity index is 1430. The van der Waals surface area contributed by atoms with E-state index in [4.69, 9.17) is 33.0 Å². The van der Waals surface area contributed by atoms with E-state index in [-0.39, 0.29) is 17.4 Å². The summed E-state index contributed by atoms with van der Waals surface area (Å²) in [5, 5.41) is 9.07. The van der Waals surface area contributed by atoms with Gasteiger partial charge in [-0.25, -0.2) is 4.52 Å². The van der Waals surface area contributed by atoms with Crippen LogP contribution in [0.3, 0.4) is 0 Å². The summed E-state index contributed by atoms with van der Waals surface area (Å²) in [7, 11) is 0. The van der Waals surface area contributed by atoms with E-state index < -0.39 is 0 Å². The number of hydrogen-bond acceptors (Lipinski definition) is 3. The maximum Gasteiger partial charge on any atom is 0.253 e. The summed E-state index contributed by atoms with van der Waals surface area (Å²) in [6.45, 7) is 8.93. The van der Waals surface area contributed by atoms with Gasteiger partial charge in [0, 0.05) is 27.6 Å². The molecule has 3 heterocycles. The van der Waals surface area contributed by atoms with Crippen molar-refractivity contribution in [3.63, 3.8) is 0 Å². The minimum absolute atomic E-state index is 0.116. The van der Waals surface area contributed by atoms with Crippen LogP contribution in [-0.4, -0.2) is 22.1 Å². The lowest BCUT2D eigenvalue weighted by atomic mass is 9.83. The Morgan fingerprint density at radius 3 is 2.54 bits per heavy atom. The highest BCUT2D eigenvalue weighted by atomic mass is 35.5. The van der Waals surface area contributed by atoms with Crippen LogP contribution in [0.4, 0.5) is 0 Å². The van der Waals surface area contributed by atoms with Gasteiger partial charge in [-0.15, -0.1) is 0 Å². The molecule has 0 radical (unpaired) electrons. The molecule has 0 aliphatic carbocycles. The molecule has 2 aromatic carbocycles. The first-order chi connectivity index (χ1) is 16.6. The number of carbonyl (C=O) groups is 1. The van der Waals surface area contributed by atoms with Gasteiger partial charge in [-0.3, -0.25) is 4.79 Å². The molecule has 5 nitrogen and oxygen atoms in total. The fraction of sp³-hybridized carbons (Fsp3) is 0.286. The molecule has 1 aliphatic heterocycles. The van der Waals surface area contributed by atoms with E-state index in [0.29, 0.717) is 28.6 Å². The van der Waals surface area contributed by atoms with Crippen LogP contribution in [0.2, 0.25) is 10.0 Å². The van der Waals surface area contributed by atoms with Gasteiger partial charge in [0.2, 0.25) is 0 Å². The lowest BCUT2D eigenvalue weighted by Gasteiger charge is -2.28. The van der Waals surface area contributed by atoms with Crippen LogP contribution in [-0.2, 0) is 5.41 Å². The summed E-state index contributed by atoms with van der Waals surface area (Å²) in [6, 6.07) is 15.3. The van der Waals surface area contributed by atoms with Crippen molar-refractivity contribution in [2.75, 3.05) is 6.61 Å². The quantitative estimate of drug-likeness (QED) is 0.319. The van der Waals surface area contributed by atoms with Gasteiger partial charge in [-0.05, 0) is 53.8 Å². The largest absolute Gasteiger partial charge is 0.493 e. The molecule has 1 amide bonds. The number of ether oxygens (including phenoxy) is 1. The van der Waals surface area contributed by atoms with E-state index in [1.54, 1.807) is 12.3 Å². The smallest absolute Gasteiger partial charge is 0.253 e. The number of nitrogens with one attached hydrogen (secondary N) is 1. The topological polar surface area (TPSA) is 55.6 Å². The van der Waals surface area contributed by atoms with Crippen molar-refractivity contribution < 1.29 is 9.53 Å². The average Bonchev–Trinajstić information content (AvgIpc) is 3.12. The van der Waals surface area contributed by atoms with Crippen molar-refractivity contribution in [2.24, 2.45) is 0 Å². The Hall–Kier alpha value is -3.02. The SMILES string of the molecule is Cc1cc2c(C(C)(C)C)c(C(=O)N[C@H]3CCOc4ccccc43)cnn2c1-c1cc(Cl)cc(Cl)c1. The van der Waals surface area contributed by atoms with Crippen LogP contribution in [0.25, 0.3) is 16.8 Å². The summed E-state index contributed by atoms with van der Waals surface area (Å²) >= 11 is 12.6. The summed E-state index contributed by atoms with van der Waals surface area (Å²) in [6.07, 6.45) is 2.39. The van der Waals surface area contributed by atoms with Gasteiger partial charge in [0.25, 0.3) is 5.91 Å². The number of benzene rings is 2. The third-order valence-corrected chi connectivity index (χ3v) is 6.83. The van der Waals surface area contributed by atoms with Crippen LogP contribution in [0.1, 0.15) is 60.3 Å². The molecule has 1 N–H and O–H groups in total. The zero-order valence-electron chi connectivity index (χ0n) is 20.2. The van der Waals surface area contributed by atoms with E-state index >= 15 is 0 Å². The zero-order valence-corrected chi connectivity index (χ0v) is 21.7. The number of aryl methyl sites for hydroxylation is 1. The minimum atomic E-state index is -0.307. The molecule has 1 aliphatic rings. The van der Waals surface area contributed by atoms with E-state index in [1.165, 1.54) is 0 Å².